The van der Waals surface area contributed by atoms with Gasteiger partial charge in [0.05, 0.1) is 13.5 Å². The Bertz CT molecular complexity index is 505. The average molecular weight is 311 g/mol. The summed E-state index contributed by atoms with van der Waals surface area (Å²) < 4.78 is 5.12. The summed E-state index contributed by atoms with van der Waals surface area (Å²) in [6.45, 7) is 3.58. The van der Waals surface area contributed by atoms with E-state index in [2.05, 4.69) is 0 Å². The van der Waals surface area contributed by atoms with E-state index >= 15 is 0 Å². The number of ether oxygens (including phenoxy) is 1. The first-order valence-electron chi connectivity index (χ1n) is 7.37. The van der Waals surface area contributed by atoms with E-state index in [0.717, 1.165) is 31.5 Å². The zero-order valence-electron chi connectivity index (χ0n) is 12.6. The number of piperidine rings is 1. The monoisotopic (exact) mass is 310 g/mol. The summed E-state index contributed by atoms with van der Waals surface area (Å²) in [6.07, 6.45) is 2.45. The maximum absolute atomic E-state index is 12.4. The van der Waals surface area contributed by atoms with Crippen molar-refractivity contribution in [2.24, 2.45) is 11.7 Å². The largest absolute Gasteiger partial charge is 0.497 e. The van der Waals surface area contributed by atoms with Gasteiger partial charge in [0.1, 0.15) is 5.75 Å². The topological polar surface area (TPSA) is 55.6 Å². The summed E-state index contributed by atoms with van der Waals surface area (Å²) in [6, 6.07) is 5.55. The van der Waals surface area contributed by atoms with Gasteiger partial charge in [-0.25, -0.2) is 0 Å². The average Bonchev–Trinajstić information content (AvgIpc) is 2.49. The van der Waals surface area contributed by atoms with Crippen LogP contribution < -0.4 is 10.5 Å². The molecule has 0 aliphatic carbocycles. The molecule has 0 unspecified atom stereocenters. The molecule has 116 valence electrons. The number of hydrogen-bond donors (Lipinski definition) is 1. The molecule has 4 nitrogen and oxygen atoms in total. The van der Waals surface area contributed by atoms with Crippen LogP contribution in [-0.4, -0.2) is 37.0 Å². The molecule has 0 spiro atoms. The van der Waals surface area contributed by atoms with E-state index in [1.807, 2.05) is 24.0 Å². The Morgan fingerprint density at radius 1 is 1.57 bits per heavy atom. The van der Waals surface area contributed by atoms with Gasteiger partial charge in [-0.3, -0.25) is 4.79 Å². The van der Waals surface area contributed by atoms with Crippen LogP contribution in [0.3, 0.4) is 0 Å². The van der Waals surface area contributed by atoms with Crippen molar-refractivity contribution in [3.05, 3.63) is 28.8 Å². The number of amides is 1. The lowest BCUT2D eigenvalue weighted by Gasteiger charge is -2.34. The lowest BCUT2D eigenvalue weighted by molar-refractivity contribution is -0.132. The smallest absolute Gasteiger partial charge is 0.227 e. The second-order valence-electron chi connectivity index (χ2n) is 5.74. The number of nitrogens with zero attached hydrogens (tertiary/aromatic N) is 1. The van der Waals surface area contributed by atoms with E-state index in [-0.39, 0.29) is 11.9 Å². The fourth-order valence-corrected chi connectivity index (χ4v) is 2.98. The molecule has 1 aliphatic rings. The van der Waals surface area contributed by atoms with Crippen LogP contribution in [0.15, 0.2) is 18.2 Å². The van der Waals surface area contributed by atoms with Gasteiger partial charge in [0.2, 0.25) is 5.91 Å². The number of likely N-dealkylation sites (tertiary alicyclic amines) is 1. The number of rotatable bonds is 4. The van der Waals surface area contributed by atoms with Crippen LogP contribution in [0.5, 0.6) is 5.75 Å². The number of carbonyl (C=O) groups is 1. The summed E-state index contributed by atoms with van der Waals surface area (Å²) in [5, 5.41) is 0.573. The van der Waals surface area contributed by atoms with E-state index < -0.39 is 0 Å². The molecule has 0 saturated carbocycles. The van der Waals surface area contributed by atoms with Crippen LogP contribution in [-0.2, 0) is 11.2 Å². The van der Waals surface area contributed by atoms with E-state index in [4.69, 9.17) is 22.1 Å². The Hall–Kier alpha value is -1.26. The van der Waals surface area contributed by atoms with Gasteiger partial charge in [-0.05, 0) is 43.4 Å². The Kier molecular flexibility index (Phi) is 5.48. The fraction of sp³-hybridized carbons (Fsp3) is 0.562. The predicted molar refractivity (Wildman–Crippen MR) is 84.7 cm³/mol. The minimum absolute atomic E-state index is 0.118. The van der Waals surface area contributed by atoms with E-state index in [0.29, 0.717) is 23.1 Å². The molecular weight excluding hydrogens is 288 g/mol. The summed E-state index contributed by atoms with van der Waals surface area (Å²) >= 11 is 6.20. The molecular formula is C16H23ClN2O2. The molecule has 2 N–H and O–H groups in total. The molecule has 1 saturated heterocycles. The minimum atomic E-state index is 0.118. The second-order valence-corrected chi connectivity index (χ2v) is 6.14. The van der Waals surface area contributed by atoms with Crippen LogP contribution in [0, 0.1) is 5.92 Å². The van der Waals surface area contributed by atoms with Gasteiger partial charge in [0.15, 0.2) is 0 Å². The van der Waals surface area contributed by atoms with Gasteiger partial charge in [0.25, 0.3) is 0 Å². The third-order valence-corrected chi connectivity index (χ3v) is 4.51. The molecule has 0 aromatic heterocycles. The van der Waals surface area contributed by atoms with Gasteiger partial charge in [-0.2, -0.15) is 0 Å². The van der Waals surface area contributed by atoms with Crippen LogP contribution >= 0.6 is 11.6 Å². The number of methoxy groups -OCH3 is 1. The number of halogens is 1. The summed E-state index contributed by atoms with van der Waals surface area (Å²) in [7, 11) is 1.60. The maximum atomic E-state index is 12.4. The van der Waals surface area contributed by atoms with Gasteiger partial charge >= 0.3 is 0 Å². The van der Waals surface area contributed by atoms with E-state index in [1.165, 1.54) is 0 Å². The number of hydrogen-bond acceptors (Lipinski definition) is 3. The van der Waals surface area contributed by atoms with Crippen molar-refractivity contribution in [1.29, 1.82) is 0 Å². The highest BCUT2D eigenvalue weighted by atomic mass is 35.5. The number of nitrogens with two attached hydrogens (primary N) is 1. The van der Waals surface area contributed by atoms with Crippen molar-refractivity contribution >= 4 is 17.5 Å². The highest BCUT2D eigenvalue weighted by molar-refractivity contribution is 6.31. The van der Waals surface area contributed by atoms with E-state index in [9.17, 15) is 4.79 Å². The van der Waals surface area contributed by atoms with Gasteiger partial charge in [0, 0.05) is 24.2 Å². The first kappa shape index (κ1) is 16.1. The quantitative estimate of drug-likeness (QED) is 0.929. The molecule has 0 bridgehead atoms. The Morgan fingerprint density at radius 3 is 2.95 bits per heavy atom. The highest BCUT2D eigenvalue weighted by Crippen LogP contribution is 2.24. The van der Waals surface area contributed by atoms with Crippen molar-refractivity contribution < 1.29 is 9.53 Å². The Morgan fingerprint density at radius 2 is 2.33 bits per heavy atom. The molecule has 5 heteroatoms. The third kappa shape index (κ3) is 4.11. The molecule has 1 aromatic carbocycles. The van der Waals surface area contributed by atoms with Crippen LogP contribution in [0.4, 0.5) is 0 Å². The molecule has 1 amide bonds. The number of carbonyl (C=O) groups excluding carboxylic acids is 1. The molecule has 1 aliphatic heterocycles. The molecule has 0 radical (unpaired) electrons. The van der Waals surface area contributed by atoms with Crippen LogP contribution in [0.1, 0.15) is 25.3 Å². The molecule has 1 heterocycles. The summed E-state index contributed by atoms with van der Waals surface area (Å²) in [5.74, 6) is 1.22. The molecule has 2 rings (SSSR count). The van der Waals surface area contributed by atoms with Crippen LogP contribution in [0.25, 0.3) is 0 Å². The fourth-order valence-electron chi connectivity index (χ4n) is 2.74. The van der Waals surface area contributed by atoms with Crippen LogP contribution in [0.2, 0.25) is 5.02 Å². The first-order chi connectivity index (χ1) is 10.0. The standard InChI is InChI=1S/C16H23ClN2O2/c1-11(18)13-4-3-7-19(10-13)16(20)8-12-5-6-14(21-2)9-15(12)17/h5-6,9,11,13H,3-4,7-8,10,18H2,1-2H3/t11-,13+/m0/s1. The Balaban J connectivity index is 2.01. The number of benzene rings is 1. The van der Waals surface area contributed by atoms with Gasteiger partial charge in [-0.15, -0.1) is 0 Å². The first-order valence-corrected chi connectivity index (χ1v) is 7.75. The van der Waals surface area contributed by atoms with Crippen molar-refractivity contribution in [1.82, 2.24) is 4.90 Å². The SMILES string of the molecule is COc1ccc(CC(=O)N2CCC[C@@H]([C@H](C)N)C2)c(Cl)c1. The second kappa shape index (κ2) is 7.14. The van der Waals surface area contributed by atoms with Gasteiger partial charge in [-0.1, -0.05) is 17.7 Å². The lowest BCUT2D eigenvalue weighted by Crippen LogP contribution is -2.45. The molecule has 1 aromatic rings. The lowest BCUT2D eigenvalue weighted by atomic mass is 9.92. The molecule has 21 heavy (non-hydrogen) atoms. The van der Waals surface area contributed by atoms with Crippen molar-refractivity contribution in [2.45, 2.75) is 32.2 Å². The summed E-state index contributed by atoms with van der Waals surface area (Å²) in [4.78, 5) is 14.4. The van der Waals surface area contributed by atoms with Crippen molar-refractivity contribution in [3.63, 3.8) is 0 Å². The zero-order valence-corrected chi connectivity index (χ0v) is 13.4. The minimum Gasteiger partial charge on any atom is -0.497 e. The predicted octanol–water partition coefficient (Wildman–Crippen LogP) is 2.48. The molecule has 1 fully saturated rings. The zero-order chi connectivity index (χ0) is 15.4. The van der Waals surface area contributed by atoms with Crippen molar-refractivity contribution in [2.75, 3.05) is 20.2 Å². The Labute approximate surface area is 131 Å². The maximum Gasteiger partial charge on any atom is 0.227 e. The normalized spacial score (nSPS) is 20.2. The third-order valence-electron chi connectivity index (χ3n) is 4.16. The van der Waals surface area contributed by atoms with E-state index in [1.54, 1.807) is 13.2 Å². The van der Waals surface area contributed by atoms with Crippen molar-refractivity contribution in [3.8, 4) is 5.75 Å². The van der Waals surface area contributed by atoms with Gasteiger partial charge < -0.3 is 15.4 Å². The summed E-state index contributed by atoms with van der Waals surface area (Å²) in [5.41, 5.74) is 6.80. The molecule has 2 atom stereocenters. The highest BCUT2D eigenvalue weighted by Gasteiger charge is 2.26.